The average molecular weight is 370 g/mol. The standard InChI is InChI=1S/C20H26N4O3/c25-19-14-18(22-24(19)17-4-2-1-3-5-17)20(26)21-15-6-10-23(11-7-15)16-8-12-27-13-9-16/h1-5,14-16,22H,6-13H2,(H,21,26). The van der Waals surface area contributed by atoms with Gasteiger partial charge < -0.3 is 15.0 Å². The SMILES string of the molecule is O=C(NC1CCN(C2CCOCC2)CC1)c1cc(=O)n(-c2ccccc2)[nH]1. The summed E-state index contributed by atoms with van der Waals surface area (Å²) in [5.41, 5.74) is 0.780. The van der Waals surface area contributed by atoms with Crippen molar-refractivity contribution in [2.45, 2.75) is 37.8 Å². The highest BCUT2D eigenvalue weighted by Gasteiger charge is 2.27. The summed E-state index contributed by atoms with van der Waals surface area (Å²) in [5.74, 6) is -0.216. The lowest BCUT2D eigenvalue weighted by Crippen LogP contribution is -2.49. The molecule has 144 valence electrons. The third-order valence-electron chi connectivity index (χ3n) is 5.55. The maximum atomic E-state index is 12.6. The van der Waals surface area contributed by atoms with Gasteiger partial charge in [-0.2, -0.15) is 0 Å². The second-order valence-electron chi connectivity index (χ2n) is 7.31. The molecule has 1 aromatic carbocycles. The van der Waals surface area contributed by atoms with Crippen molar-refractivity contribution in [1.82, 2.24) is 20.0 Å². The van der Waals surface area contributed by atoms with E-state index in [-0.39, 0.29) is 17.5 Å². The summed E-state index contributed by atoms with van der Waals surface area (Å²) >= 11 is 0. The molecule has 0 spiro atoms. The quantitative estimate of drug-likeness (QED) is 0.856. The number of nitrogens with one attached hydrogen (secondary N) is 2. The number of aromatic amines is 1. The Bertz CT molecular complexity index is 815. The van der Waals surface area contributed by atoms with Gasteiger partial charge in [0.25, 0.3) is 11.5 Å². The number of benzene rings is 1. The largest absolute Gasteiger partial charge is 0.381 e. The van der Waals surface area contributed by atoms with Gasteiger partial charge in [0.2, 0.25) is 0 Å². The van der Waals surface area contributed by atoms with Crippen molar-refractivity contribution in [3.05, 3.63) is 52.4 Å². The van der Waals surface area contributed by atoms with Crippen LogP contribution >= 0.6 is 0 Å². The Balaban J connectivity index is 1.34. The average Bonchev–Trinajstić information content (AvgIpc) is 3.12. The summed E-state index contributed by atoms with van der Waals surface area (Å²) in [6.07, 6.45) is 4.08. The van der Waals surface area contributed by atoms with E-state index in [1.54, 1.807) is 0 Å². The third kappa shape index (κ3) is 4.14. The third-order valence-corrected chi connectivity index (χ3v) is 5.55. The first-order valence-corrected chi connectivity index (χ1v) is 9.71. The predicted molar refractivity (Wildman–Crippen MR) is 102 cm³/mol. The van der Waals surface area contributed by atoms with Crippen LogP contribution in [-0.4, -0.2) is 59.0 Å². The van der Waals surface area contributed by atoms with E-state index in [0.29, 0.717) is 17.4 Å². The highest BCUT2D eigenvalue weighted by molar-refractivity contribution is 5.92. The minimum Gasteiger partial charge on any atom is -0.381 e. The van der Waals surface area contributed by atoms with Crippen LogP contribution in [0.1, 0.15) is 36.2 Å². The molecule has 2 aliphatic heterocycles. The summed E-state index contributed by atoms with van der Waals surface area (Å²) < 4.78 is 6.83. The second-order valence-corrected chi connectivity index (χ2v) is 7.31. The molecule has 1 amide bonds. The number of hydrogen-bond donors (Lipinski definition) is 2. The predicted octanol–water partition coefficient (Wildman–Crippen LogP) is 1.54. The lowest BCUT2D eigenvalue weighted by molar-refractivity contribution is 0.0238. The van der Waals surface area contributed by atoms with E-state index >= 15 is 0 Å². The van der Waals surface area contributed by atoms with Crippen molar-refractivity contribution in [2.75, 3.05) is 26.3 Å². The second kappa shape index (κ2) is 8.10. The molecule has 7 heteroatoms. The van der Waals surface area contributed by atoms with Crippen molar-refractivity contribution >= 4 is 5.91 Å². The molecule has 0 aliphatic carbocycles. The minimum atomic E-state index is -0.235. The van der Waals surface area contributed by atoms with Crippen molar-refractivity contribution < 1.29 is 9.53 Å². The zero-order valence-corrected chi connectivity index (χ0v) is 15.4. The Labute approximate surface area is 158 Å². The number of ether oxygens (including phenoxy) is 1. The van der Waals surface area contributed by atoms with Crippen LogP contribution in [0, 0.1) is 0 Å². The van der Waals surface area contributed by atoms with Crippen LogP contribution in [0.4, 0.5) is 0 Å². The molecule has 1 aromatic heterocycles. The number of hydrogen-bond acceptors (Lipinski definition) is 4. The smallest absolute Gasteiger partial charge is 0.271 e. The van der Waals surface area contributed by atoms with Gasteiger partial charge in [0.15, 0.2) is 0 Å². The molecule has 0 unspecified atom stereocenters. The van der Waals surface area contributed by atoms with Crippen LogP contribution in [0.3, 0.4) is 0 Å². The first kappa shape index (κ1) is 18.0. The number of para-hydroxylation sites is 1. The van der Waals surface area contributed by atoms with Crippen molar-refractivity contribution in [3.63, 3.8) is 0 Å². The molecule has 2 aromatic rings. The molecule has 4 rings (SSSR count). The fourth-order valence-corrected chi connectivity index (χ4v) is 4.00. The summed E-state index contributed by atoms with van der Waals surface area (Å²) in [5, 5.41) is 5.99. The van der Waals surface area contributed by atoms with Crippen LogP contribution in [0.5, 0.6) is 0 Å². The van der Waals surface area contributed by atoms with Gasteiger partial charge in [-0.25, -0.2) is 4.68 Å². The van der Waals surface area contributed by atoms with E-state index in [0.717, 1.165) is 52.0 Å². The number of H-pyrrole nitrogens is 1. The summed E-state index contributed by atoms with van der Waals surface area (Å²) in [7, 11) is 0. The van der Waals surface area contributed by atoms with E-state index < -0.39 is 0 Å². The molecular weight excluding hydrogens is 344 g/mol. The Morgan fingerprint density at radius 3 is 2.48 bits per heavy atom. The maximum Gasteiger partial charge on any atom is 0.271 e. The number of piperidine rings is 1. The van der Waals surface area contributed by atoms with Gasteiger partial charge >= 0.3 is 0 Å². The lowest BCUT2D eigenvalue weighted by Gasteiger charge is -2.39. The zero-order valence-electron chi connectivity index (χ0n) is 15.4. The van der Waals surface area contributed by atoms with Gasteiger partial charge in [-0.05, 0) is 37.8 Å². The molecule has 7 nitrogen and oxygen atoms in total. The van der Waals surface area contributed by atoms with E-state index in [2.05, 4.69) is 15.3 Å². The molecule has 2 fully saturated rings. The molecule has 2 aliphatic rings. The molecule has 0 saturated carbocycles. The van der Waals surface area contributed by atoms with Gasteiger partial charge in [-0.15, -0.1) is 0 Å². The molecule has 2 N–H and O–H groups in total. The van der Waals surface area contributed by atoms with Crippen LogP contribution in [0.2, 0.25) is 0 Å². The van der Waals surface area contributed by atoms with E-state index in [9.17, 15) is 9.59 Å². The number of amides is 1. The molecule has 2 saturated heterocycles. The van der Waals surface area contributed by atoms with E-state index in [1.165, 1.54) is 10.7 Å². The van der Waals surface area contributed by atoms with Crippen LogP contribution < -0.4 is 10.9 Å². The monoisotopic (exact) mass is 370 g/mol. The van der Waals surface area contributed by atoms with Gasteiger partial charge in [-0.1, -0.05) is 18.2 Å². The Morgan fingerprint density at radius 2 is 1.78 bits per heavy atom. The minimum absolute atomic E-state index is 0.150. The normalized spacial score (nSPS) is 19.9. The Morgan fingerprint density at radius 1 is 1.07 bits per heavy atom. The van der Waals surface area contributed by atoms with Gasteiger partial charge in [0.1, 0.15) is 5.69 Å². The highest BCUT2D eigenvalue weighted by atomic mass is 16.5. The number of carbonyl (C=O) groups is 1. The van der Waals surface area contributed by atoms with E-state index in [4.69, 9.17) is 4.74 Å². The number of likely N-dealkylation sites (tertiary alicyclic amines) is 1. The molecule has 0 atom stereocenters. The molecule has 0 radical (unpaired) electrons. The summed E-state index contributed by atoms with van der Waals surface area (Å²) in [6, 6.07) is 11.4. The fraction of sp³-hybridized carbons (Fsp3) is 0.500. The maximum absolute atomic E-state index is 12.6. The first-order chi connectivity index (χ1) is 13.2. The van der Waals surface area contributed by atoms with Gasteiger partial charge in [-0.3, -0.25) is 14.7 Å². The van der Waals surface area contributed by atoms with Gasteiger partial charge in [0, 0.05) is 44.5 Å². The lowest BCUT2D eigenvalue weighted by atomic mass is 9.99. The number of aromatic nitrogens is 2. The topological polar surface area (TPSA) is 79.4 Å². The Kier molecular flexibility index (Phi) is 5.40. The molecule has 0 bridgehead atoms. The molecule has 27 heavy (non-hydrogen) atoms. The summed E-state index contributed by atoms with van der Waals surface area (Å²) in [6.45, 7) is 3.70. The number of rotatable bonds is 4. The number of nitrogens with zero attached hydrogens (tertiary/aromatic N) is 2. The number of carbonyl (C=O) groups excluding carboxylic acids is 1. The van der Waals surface area contributed by atoms with Crippen molar-refractivity contribution in [2.24, 2.45) is 0 Å². The van der Waals surface area contributed by atoms with E-state index in [1.807, 2.05) is 30.3 Å². The zero-order chi connectivity index (χ0) is 18.6. The van der Waals surface area contributed by atoms with Gasteiger partial charge in [0.05, 0.1) is 5.69 Å². The summed E-state index contributed by atoms with van der Waals surface area (Å²) in [4.78, 5) is 27.3. The van der Waals surface area contributed by atoms with Crippen molar-refractivity contribution in [3.8, 4) is 5.69 Å². The first-order valence-electron chi connectivity index (χ1n) is 9.71. The molecular formula is C20H26N4O3. The fourth-order valence-electron chi connectivity index (χ4n) is 4.00. The molecule has 3 heterocycles. The van der Waals surface area contributed by atoms with Crippen LogP contribution in [0.25, 0.3) is 5.69 Å². The van der Waals surface area contributed by atoms with Crippen molar-refractivity contribution in [1.29, 1.82) is 0 Å². The Hall–Kier alpha value is -2.38. The highest BCUT2D eigenvalue weighted by Crippen LogP contribution is 2.20. The van der Waals surface area contributed by atoms with Crippen LogP contribution in [-0.2, 0) is 4.74 Å². The van der Waals surface area contributed by atoms with Crippen LogP contribution in [0.15, 0.2) is 41.2 Å².